The van der Waals surface area contributed by atoms with Crippen LogP contribution in [0.15, 0.2) is 23.8 Å². The number of carbonyl (C=O) groups is 1. The van der Waals surface area contributed by atoms with Crippen LogP contribution < -0.4 is 5.32 Å². The van der Waals surface area contributed by atoms with Crippen LogP contribution in [0.1, 0.15) is 34.1 Å². The fourth-order valence-corrected chi connectivity index (χ4v) is 3.93. The Bertz CT molecular complexity index is 663. The Labute approximate surface area is 141 Å². The lowest BCUT2D eigenvalue weighted by Crippen LogP contribution is -2.30. The molecule has 23 heavy (non-hydrogen) atoms. The van der Waals surface area contributed by atoms with Crippen molar-refractivity contribution in [1.82, 2.24) is 20.0 Å². The van der Waals surface area contributed by atoms with Crippen molar-refractivity contribution in [2.75, 3.05) is 19.6 Å². The molecular formula is C17H24N4OS. The average molecular weight is 332 g/mol. The summed E-state index contributed by atoms with van der Waals surface area (Å²) in [4.78, 5) is 16.1. The predicted molar refractivity (Wildman–Crippen MR) is 92.7 cm³/mol. The summed E-state index contributed by atoms with van der Waals surface area (Å²) in [6, 6.07) is 2.18. The van der Waals surface area contributed by atoms with E-state index in [0.717, 1.165) is 39.1 Å². The number of thiophene rings is 1. The summed E-state index contributed by atoms with van der Waals surface area (Å²) in [5, 5.41) is 9.36. The summed E-state index contributed by atoms with van der Waals surface area (Å²) in [6.07, 6.45) is 4.59. The maximum Gasteiger partial charge on any atom is 0.254 e. The van der Waals surface area contributed by atoms with Gasteiger partial charge in [0, 0.05) is 37.3 Å². The van der Waals surface area contributed by atoms with E-state index in [1.165, 1.54) is 10.4 Å². The first-order valence-corrected chi connectivity index (χ1v) is 9.09. The van der Waals surface area contributed by atoms with Gasteiger partial charge in [-0.15, -0.1) is 11.3 Å². The zero-order valence-electron chi connectivity index (χ0n) is 13.8. The van der Waals surface area contributed by atoms with E-state index in [1.54, 1.807) is 17.1 Å². The maximum atomic E-state index is 12.1. The smallest absolute Gasteiger partial charge is 0.254 e. The van der Waals surface area contributed by atoms with Crippen LogP contribution in [0.5, 0.6) is 0 Å². The fraction of sp³-hybridized carbons (Fsp3) is 0.529. The van der Waals surface area contributed by atoms with E-state index < -0.39 is 0 Å². The first-order valence-electron chi connectivity index (χ1n) is 8.21. The molecule has 3 rings (SSSR count). The van der Waals surface area contributed by atoms with Gasteiger partial charge in [0.15, 0.2) is 0 Å². The van der Waals surface area contributed by atoms with Gasteiger partial charge in [0.05, 0.1) is 11.8 Å². The first kappa shape index (κ1) is 16.2. The maximum absolute atomic E-state index is 12.1. The van der Waals surface area contributed by atoms with Crippen LogP contribution in [-0.2, 0) is 13.1 Å². The highest BCUT2D eigenvalue weighted by molar-refractivity contribution is 7.10. The molecule has 0 aliphatic carbocycles. The molecule has 1 saturated heterocycles. The molecule has 0 bridgehead atoms. The molecular weight excluding hydrogens is 308 g/mol. The van der Waals surface area contributed by atoms with Gasteiger partial charge in [-0.1, -0.05) is 0 Å². The summed E-state index contributed by atoms with van der Waals surface area (Å²) in [7, 11) is 0. The number of carbonyl (C=O) groups excluding carboxylic acids is 1. The SMILES string of the molecule is CCn1cc(C(=O)NC[C@H]2CCN(Cc3sccc3C)C2)cn1. The van der Waals surface area contributed by atoms with Crippen molar-refractivity contribution in [3.05, 3.63) is 39.8 Å². The summed E-state index contributed by atoms with van der Waals surface area (Å²) in [5.41, 5.74) is 2.04. The van der Waals surface area contributed by atoms with Gasteiger partial charge in [-0.2, -0.15) is 5.10 Å². The number of hydrogen-bond donors (Lipinski definition) is 1. The number of nitrogens with zero attached hydrogens (tertiary/aromatic N) is 3. The highest BCUT2D eigenvalue weighted by Crippen LogP contribution is 2.22. The van der Waals surface area contributed by atoms with E-state index in [9.17, 15) is 4.79 Å². The highest BCUT2D eigenvalue weighted by atomic mass is 32.1. The Kier molecular flexibility index (Phi) is 5.13. The van der Waals surface area contributed by atoms with E-state index in [0.29, 0.717) is 11.5 Å². The molecule has 2 aromatic rings. The molecule has 0 spiro atoms. The fourth-order valence-electron chi connectivity index (χ4n) is 2.99. The second kappa shape index (κ2) is 7.27. The minimum atomic E-state index is -0.0164. The second-order valence-electron chi connectivity index (χ2n) is 6.21. The number of nitrogens with one attached hydrogen (secondary N) is 1. The molecule has 1 aliphatic rings. The van der Waals surface area contributed by atoms with E-state index in [-0.39, 0.29) is 5.91 Å². The third-order valence-electron chi connectivity index (χ3n) is 4.48. The molecule has 0 aromatic carbocycles. The van der Waals surface area contributed by atoms with E-state index in [1.807, 2.05) is 18.3 Å². The molecule has 1 N–H and O–H groups in total. The van der Waals surface area contributed by atoms with Crippen molar-refractivity contribution in [1.29, 1.82) is 0 Å². The average Bonchev–Trinajstić information content (AvgIpc) is 3.27. The van der Waals surface area contributed by atoms with Crippen molar-refractivity contribution in [3.8, 4) is 0 Å². The van der Waals surface area contributed by atoms with Crippen LogP contribution in [0, 0.1) is 12.8 Å². The van der Waals surface area contributed by atoms with Gasteiger partial charge in [-0.05, 0) is 49.7 Å². The summed E-state index contributed by atoms with van der Waals surface area (Å²) >= 11 is 1.84. The molecule has 1 aliphatic heterocycles. The summed E-state index contributed by atoms with van der Waals surface area (Å²) < 4.78 is 1.77. The highest BCUT2D eigenvalue weighted by Gasteiger charge is 2.23. The zero-order chi connectivity index (χ0) is 16.2. The van der Waals surface area contributed by atoms with Gasteiger partial charge < -0.3 is 5.32 Å². The first-order chi connectivity index (χ1) is 11.2. The molecule has 124 valence electrons. The predicted octanol–water partition coefficient (Wildman–Crippen LogP) is 2.52. The number of aromatic nitrogens is 2. The molecule has 2 aromatic heterocycles. The van der Waals surface area contributed by atoms with Crippen LogP contribution >= 0.6 is 11.3 Å². The molecule has 1 atom stereocenters. The van der Waals surface area contributed by atoms with Gasteiger partial charge in [0.2, 0.25) is 0 Å². The van der Waals surface area contributed by atoms with Crippen LogP contribution in [0.2, 0.25) is 0 Å². The van der Waals surface area contributed by atoms with E-state index >= 15 is 0 Å². The summed E-state index contributed by atoms with van der Waals surface area (Å²) in [6.45, 7) is 8.94. The lowest BCUT2D eigenvalue weighted by Gasteiger charge is -2.16. The molecule has 0 radical (unpaired) electrons. The van der Waals surface area contributed by atoms with Crippen molar-refractivity contribution in [2.45, 2.75) is 33.4 Å². The Morgan fingerprint density at radius 2 is 2.39 bits per heavy atom. The Balaban J connectivity index is 1.45. The number of rotatable bonds is 6. The standard InChI is InChI=1S/C17H24N4OS/c1-3-21-11-15(9-19-21)17(22)18-8-14-4-6-20(10-14)12-16-13(2)5-7-23-16/h5,7,9,11,14H,3-4,6,8,10,12H2,1-2H3,(H,18,22)/t14-/m1/s1. The number of amides is 1. The minimum absolute atomic E-state index is 0.0164. The van der Waals surface area contributed by atoms with E-state index in [2.05, 4.69) is 33.7 Å². The van der Waals surface area contributed by atoms with Crippen molar-refractivity contribution in [3.63, 3.8) is 0 Å². The quantitative estimate of drug-likeness (QED) is 0.884. The molecule has 3 heterocycles. The van der Waals surface area contributed by atoms with Gasteiger partial charge in [0.25, 0.3) is 5.91 Å². The van der Waals surface area contributed by atoms with Crippen LogP contribution in [0.25, 0.3) is 0 Å². The minimum Gasteiger partial charge on any atom is -0.352 e. The number of likely N-dealkylation sites (tertiary alicyclic amines) is 1. The van der Waals surface area contributed by atoms with E-state index in [4.69, 9.17) is 0 Å². The van der Waals surface area contributed by atoms with Crippen molar-refractivity contribution >= 4 is 17.2 Å². The largest absolute Gasteiger partial charge is 0.352 e. The Morgan fingerprint density at radius 3 is 3.09 bits per heavy atom. The molecule has 0 saturated carbocycles. The molecule has 0 unspecified atom stereocenters. The van der Waals surface area contributed by atoms with Crippen LogP contribution in [0.4, 0.5) is 0 Å². The number of aryl methyl sites for hydroxylation is 2. The third kappa shape index (κ3) is 4.00. The topological polar surface area (TPSA) is 50.2 Å². The Morgan fingerprint density at radius 1 is 1.52 bits per heavy atom. The molecule has 1 fully saturated rings. The lowest BCUT2D eigenvalue weighted by atomic mass is 10.1. The second-order valence-corrected chi connectivity index (χ2v) is 7.21. The van der Waals surface area contributed by atoms with Crippen LogP contribution in [-0.4, -0.2) is 40.2 Å². The molecule has 5 nitrogen and oxygen atoms in total. The third-order valence-corrected chi connectivity index (χ3v) is 5.48. The lowest BCUT2D eigenvalue weighted by molar-refractivity contribution is 0.0947. The van der Waals surface area contributed by atoms with Crippen molar-refractivity contribution in [2.24, 2.45) is 5.92 Å². The van der Waals surface area contributed by atoms with Gasteiger partial charge in [-0.25, -0.2) is 0 Å². The monoisotopic (exact) mass is 332 g/mol. The van der Waals surface area contributed by atoms with Crippen LogP contribution in [0.3, 0.4) is 0 Å². The van der Waals surface area contributed by atoms with Gasteiger partial charge >= 0.3 is 0 Å². The molecule has 6 heteroatoms. The zero-order valence-corrected chi connectivity index (χ0v) is 14.6. The summed E-state index contributed by atoms with van der Waals surface area (Å²) in [5.74, 6) is 0.526. The van der Waals surface area contributed by atoms with Crippen molar-refractivity contribution < 1.29 is 4.79 Å². The Hall–Kier alpha value is -1.66. The normalized spacial score (nSPS) is 18.4. The van der Waals surface area contributed by atoms with Gasteiger partial charge in [-0.3, -0.25) is 14.4 Å². The van der Waals surface area contributed by atoms with Gasteiger partial charge in [0.1, 0.15) is 0 Å². The molecule has 1 amide bonds. The number of hydrogen-bond acceptors (Lipinski definition) is 4.